The van der Waals surface area contributed by atoms with E-state index in [4.69, 9.17) is 5.11 Å². The number of rotatable bonds is 2. The number of likely N-dealkylation sites (tertiary alicyclic amines) is 1. The minimum absolute atomic E-state index is 0.123. The molecular formula is C13H13BrFNO3. The first kappa shape index (κ1) is 14.0. The fraction of sp³-hybridized carbons (Fsp3) is 0.385. The molecule has 0 aromatic heterocycles. The van der Waals surface area contributed by atoms with Gasteiger partial charge in [-0.15, -0.1) is 0 Å². The van der Waals surface area contributed by atoms with Crippen LogP contribution in [0.4, 0.5) is 4.39 Å². The third-order valence-corrected chi connectivity index (χ3v) is 4.05. The van der Waals surface area contributed by atoms with Gasteiger partial charge in [-0.05, 0) is 40.9 Å². The molecule has 1 aromatic rings. The third kappa shape index (κ3) is 2.94. The summed E-state index contributed by atoms with van der Waals surface area (Å²) < 4.78 is 13.5. The van der Waals surface area contributed by atoms with Crippen LogP contribution in [0.5, 0.6) is 0 Å². The molecule has 1 atom stereocenters. The lowest BCUT2D eigenvalue weighted by Crippen LogP contribution is -2.42. The first-order valence-electron chi connectivity index (χ1n) is 5.97. The van der Waals surface area contributed by atoms with Crippen molar-refractivity contribution in [2.24, 2.45) is 5.92 Å². The third-order valence-electron chi connectivity index (χ3n) is 3.24. The summed E-state index contributed by atoms with van der Waals surface area (Å²) in [5.41, 5.74) is 0.228. The molecule has 0 bridgehead atoms. The second-order valence-corrected chi connectivity index (χ2v) is 5.32. The largest absolute Gasteiger partial charge is 0.481 e. The van der Waals surface area contributed by atoms with Gasteiger partial charge in [-0.3, -0.25) is 9.59 Å². The predicted octanol–water partition coefficient (Wildman–Crippen LogP) is 2.53. The summed E-state index contributed by atoms with van der Waals surface area (Å²) in [6.45, 7) is 0.683. The van der Waals surface area contributed by atoms with E-state index in [1.54, 1.807) is 0 Å². The van der Waals surface area contributed by atoms with Crippen molar-refractivity contribution in [1.29, 1.82) is 0 Å². The van der Waals surface area contributed by atoms with Crippen molar-refractivity contribution in [3.8, 4) is 0 Å². The molecule has 1 fully saturated rings. The summed E-state index contributed by atoms with van der Waals surface area (Å²) in [6, 6.07) is 4.25. The van der Waals surface area contributed by atoms with Gasteiger partial charge in [-0.25, -0.2) is 4.39 Å². The number of hydrogen-bond donors (Lipinski definition) is 1. The Bertz CT molecular complexity index is 521. The number of nitrogens with zero attached hydrogens (tertiary/aromatic N) is 1. The van der Waals surface area contributed by atoms with Crippen molar-refractivity contribution < 1.29 is 19.1 Å². The highest BCUT2D eigenvalue weighted by Crippen LogP contribution is 2.24. The van der Waals surface area contributed by atoms with Gasteiger partial charge in [0.2, 0.25) is 0 Å². The van der Waals surface area contributed by atoms with E-state index in [-0.39, 0.29) is 22.5 Å². The van der Waals surface area contributed by atoms with Crippen molar-refractivity contribution in [1.82, 2.24) is 4.90 Å². The van der Waals surface area contributed by atoms with Gasteiger partial charge in [0.15, 0.2) is 0 Å². The number of piperidine rings is 1. The van der Waals surface area contributed by atoms with Gasteiger partial charge in [-0.1, -0.05) is 6.07 Å². The number of benzene rings is 1. The van der Waals surface area contributed by atoms with E-state index in [1.165, 1.54) is 23.1 Å². The van der Waals surface area contributed by atoms with Crippen molar-refractivity contribution >= 4 is 27.8 Å². The van der Waals surface area contributed by atoms with Crippen LogP contribution in [0.15, 0.2) is 22.7 Å². The summed E-state index contributed by atoms with van der Waals surface area (Å²) in [4.78, 5) is 24.7. The monoisotopic (exact) mass is 329 g/mol. The summed E-state index contributed by atoms with van der Waals surface area (Å²) in [5, 5.41) is 9.00. The number of halogens is 2. The highest BCUT2D eigenvalue weighted by Gasteiger charge is 2.29. The normalized spacial score (nSPS) is 19.3. The molecule has 1 heterocycles. The topological polar surface area (TPSA) is 57.6 Å². The molecule has 0 unspecified atom stereocenters. The van der Waals surface area contributed by atoms with Crippen LogP contribution in [-0.2, 0) is 4.79 Å². The van der Waals surface area contributed by atoms with Crippen LogP contribution in [0.3, 0.4) is 0 Å². The van der Waals surface area contributed by atoms with Crippen LogP contribution in [0.2, 0.25) is 0 Å². The Morgan fingerprint density at radius 1 is 1.42 bits per heavy atom. The van der Waals surface area contributed by atoms with Crippen LogP contribution in [0.1, 0.15) is 23.2 Å². The Labute approximate surface area is 118 Å². The fourth-order valence-electron chi connectivity index (χ4n) is 2.20. The lowest BCUT2D eigenvalue weighted by atomic mass is 9.97. The van der Waals surface area contributed by atoms with Crippen LogP contribution >= 0.6 is 15.9 Å². The van der Waals surface area contributed by atoms with Crippen molar-refractivity contribution in [3.63, 3.8) is 0 Å². The van der Waals surface area contributed by atoms with Crippen molar-refractivity contribution in [2.75, 3.05) is 13.1 Å². The standard InChI is InChI=1S/C13H13BrFNO3/c14-11-9(4-1-5-10(11)15)12(17)16-6-2-3-8(7-16)13(18)19/h1,4-5,8H,2-3,6-7H2,(H,18,19)/t8-/m0/s1. The quantitative estimate of drug-likeness (QED) is 0.907. The lowest BCUT2D eigenvalue weighted by Gasteiger charge is -2.31. The highest BCUT2D eigenvalue weighted by atomic mass is 79.9. The van der Waals surface area contributed by atoms with E-state index in [2.05, 4.69) is 15.9 Å². The average molecular weight is 330 g/mol. The minimum atomic E-state index is -0.893. The zero-order chi connectivity index (χ0) is 14.0. The molecule has 1 aromatic carbocycles. The molecule has 4 nitrogen and oxygen atoms in total. The summed E-state index contributed by atoms with van der Waals surface area (Å²) in [5.74, 6) is -2.27. The molecular weight excluding hydrogens is 317 g/mol. The SMILES string of the molecule is O=C(O)[C@H]1CCCN(C(=O)c2cccc(F)c2Br)C1. The number of carbonyl (C=O) groups is 2. The smallest absolute Gasteiger partial charge is 0.308 e. The molecule has 1 aliphatic rings. The maximum atomic E-state index is 13.4. The minimum Gasteiger partial charge on any atom is -0.481 e. The van der Waals surface area contributed by atoms with E-state index in [0.717, 1.165) is 0 Å². The second-order valence-electron chi connectivity index (χ2n) is 4.53. The second kappa shape index (κ2) is 5.69. The molecule has 0 aliphatic carbocycles. The molecule has 0 spiro atoms. The number of carboxylic acid groups (broad SMARTS) is 1. The number of aliphatic carboxylic acids is 1. The lowest BCUT2D eigenvalue weighted by molar-refractivity contribution is -0.143. The van der Waals surface area contributed by atoms with Crippen LogP contribution in [0.25, 0.3) is 0 Å². The van der Waals surface area contributed by atoms with E-state index < -0.39 is 17.7 Å². The molecule has 1 N–H and O–H groups in total. The number of carbonyl (C=O) groups excluding carboxylic acids is 1. The molecule has 19 heavy (non-hydrogen) atoms. The maximum Gasteiger partial charge on any atom is 0.308 e. The van der Waals surface area contributed by atoms with Gasteiger partial charge in [0.05, 0.1) is 16.0 Å². The molecule has 102 valence electrons. The number of carboxylic acids is 1. The summed E-state index contributed by atoms with van der Waals surface area (Å²) >= 11 is 3.05. The molecule has 0 radical (unpaired) electrons. The van der Waals surface area contributed by atoms with Gasteiger partial charge in [0.25, 0.3) is 5.91 Å². The van der Waals surface area contributed by atoms with E-state index in [9.17, 15) is 14.0 Å². The Balaban J connectivity index is 2.19. The average Bonchev–Trinajstić information content (AvgIpc) is 2.41. The number of hydrogen-bond acceptors (Lipinski definition) is 2. The molecule has 0 saturated carbocycles. The highest BCUT2D eigenvalue weighted by molar-refractivity contribution is 9.10. The summed E-state index contributed by atoms with van der Waals surface area (Å²) in [7, 11) is 0. The van der Waals surface area contributed by atoms with Gasteiger partial charge in [0, 0.05) is 13.1 Å². The van der Waals surface area contributed by atoms with Crippen molar-refractivity contribution in [2.45, 2.75) is 12.8 Å². The molecule has 6 heteroatoms. The molecule has 2 rings (SSSR count). The first-order valence-corrected chi connectivity index (χ1v) is 6.76. The number of amides is 1. The summed E-state index contributed by atoms with van der Waals surface area (Å²) in [6.07, 6.45) is 1.22. The van der Waals surface area contributed by atoms with E-state index >= 15 is 0 Å². The van der Waals surface area contributed by atoms with Gasteiger partial charge < -0.3 is 10.0 Å². The zero-order valence-electron chi connectivity index (χ0n) is 10.1. The van der Waals surface area contributed by atoms with Crippen LogP contribution < -0.4 is 0 Å². The predicted molar refractivity (Wildman–Crippen MR) is 70.4 cm³/mol. The Morgan fingerprint density at radius 2 is 2.16 bits per heavy atom. The Hall–Kier alpha value is -1.43. The Morgan fingerprint density at radius 3 is 2.84 bits per heavy atom. The van der Waals surface area contributed by atoms with Gasteiger partial charge >= 0.3 is 5.97 Å². The van der Waals surface area contributed by atoms with Crippen LogP contribution in [0, 0.1) is 11.7 Å². The van der Waals surface area contributed by atoms with E-state index in [1.807, 2.05) is 0 Å². The fourth-order valence-corrected chi connectivity index (χ4v) is 2.64. The zero-order valence-corrected chi connectivity index (χ0v) is 11.7. The molecule has 1 saturated heterocycles. The maximum absolute atomic E-state index is 13.4. The van der Waals surface area contributed by atoms with Gasteiger partial charge in [0.1, 0.15) is 5.82 Å². The van der Waals surface area contributed by atoms with Crippen LogP contribution in [-0.4, -0.2) is 35.0 Å². The first-order chi connectivity index (χ1) is 9.00. The van der Waals surface area contributed by atoms with Gasteiger partial charge in [-0.2, -0.15) is 0 Å². The molecule has 1 amide bonds. The Kier molecular flexibility index (Phi) is 4.19. The van der Waals surface area contributed by atoms with Crippen molar-refractivity contribution in [3.05, 3.63) is 34.1 Å². The molecule has 1 aliphatic heterocycles. The van der Waals surface area contributed by atoms with E-state index in [0.29, 0.717) is 19.4 Å².